The van der Waals surface area contributed by atoms with Crippen molar-refractivity contribution in [1.82, 2.24) is 4.57 Å². The fraction of sp³-hybridized carbons (Fsp3) is 0.125. The Labute approximate surface area is 120 Å². The van der Waals surface area contributed by atoms with Crippen LogP contribution in [-0.4, -0.2) is 10.4 Å². The second-order valence-corrected chi connectivity index (χ2v) is 5.92. The van der Waals surface area contributed by atoms with Crippen LogP contribution in [0.25, 0.3) is 10.9 Å². The summed E-state index contributed by atoms with van der Waals surface area (Å²) in [7, 11) is 0. The minimum absolute atomic E-state index is 0.1000. The molecule has 98 valence electrons. The minimum atomic E-state index is 0.1000. The third-order valence-corrected chi connectivity index (χ3v) is 4.30. The highest BCUT2D eigenvalue weighted by atomic mass is 32.1. The van der Waals surface area contributed by atoms with Gasteiger partial charge in [0.1, 0.15) is 0 Å². The van der Waals surface area contributed by atoms with Gasteiger partial charge in [-0.25, -0.2) is 0 Å². The zero-order valence-corrected chi connectivity index (χ0v) is 11.8. The van der Waals surface area contributed by atoms with E-state index in [1.807, 2.05) is 48.0 Å². The molecule has 3 aromatic rings. The van der Waals surface area contributed by atoms with E-state index in [1.54, 1.807) is 6.07 Å². The van der Waals surface area contributed by atoms with E-state index in [9.17, 15) is 4.79 Å². The van der Waals surface area contributed by atoms with Gasteiger partial charge in [-0.2, -0.15) is 5.26 Å². The van der Waals surface area contributed by atoms with Crippen LogP contribution in [0.1, 0.15) is 20.1 Å². The molecular formula is C16H12N2OS. The highest BCUT2D eigenvalue weighted by Gasteiger charge is 2.11. The molecule has 0 aliphatic heterocycles. The van der Waals surface area contributed by atoms with Crippen molar-refractivity contribution >= 4 is 28.0 Å². The first-order chi connectivity index (χ1) is 9.69. The summed E-state index contributed by atoms with van der Waals surface area (Å²) in [5, 5.41) is 9.98. The number of carbonyl (C=O) groups excluding carboxylic acids is 1. The van der Waals surface area contributed by atoms with Gasteiger partial charge in [-0.1, -0.05) is 6.07 Å². The number of fused-ring (bicyclic) bond motifs is 1. The average molecular weight is 280 g/mol. The fourth-order valence-electron chi connectivity index (χ4n) is 2.28. The quantitative estimate of drug-likeness (QED) is 0.686. The molecule has 0 saturated carbocycles. The monoisotopic (exact) mass is 280 g/mol. The number of hydrogen-bond donors (Lipinski definition) is 0. The topological polar surface area (TPSA) is 45.8 Å². The normalized spacial score (nSPS) is 10.6. The number of aryl methyl sites for hydroxylation is 1. The van der Waals surface area contributed by atoms with Crippen molar-refractivity contribution in [3.05, 3.63) is 57.9 Å². The summed E-state index contributed by atoms with van der Waals surface area (Å²) in [6.07, 6.45) is 1.86. The van der Waals surface area contributed by atoms with E-state index >= 15 is 0 Å². The van der Waals surface area contributed by atoms with Crippen LogP contribution in [-0.2, 0) is 6.54 Å². The average Bonchev–Trinajstić information content (AvgIpc) is 3.05. The zero-order valence-electron chi connectivity index (χ0n) is 11.0. The second kappa shape index (κ2) is 4.95. The molecular weight excluding hydrogens is 268 g/mol. The van der Waals surface area contributed by atoms with E-state index in [1.165, 1.54) is 11.3 Å². The van der Waals surface area contributed by atoms with E-state index in [0.29, 0.717) is 12.1 Å². The number of carbonyl (C=O) groups is 1. The maximum Gasteiger partial charge on any atom is 0.192 e. The number of ketones is 1. The van der Waals surface area contributed by atoms with Crippen LogP contribution in [0.15, 0.2) is 42.6 Å². The van der Waals surface area contributed by atoms with Crippen molar-refractivity contribution in [3.63, 3.8) is 0 Å². The van der Waals surface area contributed by atoms with Gasteiger partial charge in [-0.05, 0) is 37.3 Å². The summed E-state index contributed by atoms with van der Waals surface area (Å²) in [6.45, 7) is 2.30. The van der Waals surface area contributed by atoms with Gasteiger partial charge < -0.3 is 4.57 Å². The number of rotatable bonds is 3. The Hall–Kier alpha value is -2.38. The first kappa shape index (κ1) is 12.6. The molecule has 0 amide bonds. The van der Waals surface area contributed by atoms with Gasteiger partial charge in [-0.15, -0.1) is 11.3 Å². The fourth-order valence-corrected chi connectivity index (χ4v) is 3.07. The molecule has 0 N–H and O–H groups in total. The van der Waals surface area contributed by atoms with Gasteiger partial charge in [0.05, 0.1) is 23.1 Å². The minimum Gasteiger partial charge on any atom is -0.340 e. The van der Waals surface area contributed by atoms with Crippen LogP contribution >= 0.6 is 11.3 Å². The van der Waals surface area contributed by atoms with Crippen molar-refractivity contribution in [2.24, 2.45) is 0 Å². The molecule has 20 heavy (non-hydrogen) atoms. The van der Waals surface area contributed by atoms with Gasteiger partial charge in [0.15, 0.2) is 5.78 Å². The number of benzene rings is 1. The number of nitrogens with zero attached hydrogens (tertiary/aromatic N) is 2. The maximum atomic E-state index is 12.2. The van der Waals surface area contributed by atoms with E-state index in [2.05, 4.69) is 6.07 Å². The molecule has 0 radical (unpaired) electrons. The summed E-state index contributed by atoms with van der Waals surface area (Å²) >= 11 is 1.52. The molecule has 0 fully saturated rings. The molecule has 3 nitrogen and oxygen atoms in total. The molecule has 0 unspecified atom stereocenters. The lowest BCUT2D eigenvalue weighted by Crippen LogP contribution is -2.07. The van der Waals surface area contributed by atoms with Crippen LogP contribution in [0.4, 0.5) is 0 Å². The van der Waals surface area contributed by atoms with E-state index in [-0.39, 0.29) is 5.78 Å². The van der Waals surface area contributed by atoms with Crippen molar-refractivity contribution in [3.8, 4) is 6.07 Å². The van der Waals surface area contributed by atoms with Crippen molar-refractivity contribution in [2.75, 3.05) is 0 Å². The smallest absolute Gasteiger partial charge is 0.192 e. The predicted molar refractivity (Wildman–Crippen MR) is 80.0 cm³/mol. The van der Waals surface area contributed by atoms with Crippen LogP contribution in [0, 0.1) is 18.3 Å². The Kier molecular flexibility index (Phi) is 3.13. The SMILES string of the molecule is Cc1ccc(C(=O)Cn2ccc3c(C#N)cccc32)s1. The number of thiophene rings is 1. The van der Waals surface area contributed by atoms with E-state index < -0.39 is 0 Å². The van der Waals surface area contributed by atoms with Crippen LogP contribution < -0.4 is 0 Å². The number of hydrogen-bond acceptors (Lipinski definition) is 3. The van der Waals surface area contributed by atoms with Gasteiger partial charge >= 0.3 is 0 Å². The summed E-state index contributed by atoms with van der Waals surface area (Å²) in [6, 6.07) is 13.5. The maximum absolute atomic E-state index is 12.2. The largest absolute Gasteiger partial charge is 0.340 e. The molecule has 0 aliphatic carbocycles. The summed E-state index contributed by atoms with van der Waals surface area (Å²) in [5.74, 6) is 0.1000. The summed E-state index contributed by atoms with van der Waals surface area (Å²) < 4.78 is 1.90. The molecule has 2 heterocycles. The Morgan fingerprint density at radius 1 is 1.30 bits per heavy atom. The molecule has 3 rings (SSSR count). The third-order valence-electron chi connectivity index (χ3n) is 3.26. The van der Waals surface area contributed by atoms with E-state index in [4.69, 9.17) is 5.26 Å². The number of nitriles is 1. The highest BCUT2D eigenvalue weighted by Crippen LogP contribution is 2.21. The first-order valence-electron chi connectivity index (χ1n) is 6.26. The number of Topliss-reactive ketones (excluding diaryl/α,β-unsaturated/α-hetero) is 1. The molecule has 2 aromatic heterocycles. The van der Waals surface area contributed by atoms with Crippen molar-refractivity contribution < 1.29 is 4.79 Å². The van der Waals surface area contributed by atoms with Gasteiger partial charge in [0.2, 0.25) is 0 Å². The van der Waals surface area contributed by atoms with Gasteiger partial charge in [0, 0.05) is 22.0 Å². The zero-order chi connectivity index (χ0) is 14.1. The Morgan fingerprint density at radius 3 is 2.85 bits per heavy atom. The molecule has 0 bridgehead atoms. The molecule has 4 heteroatoms. The van der Waals surface area contributed by atoms with Crippen molar-refractivity contribution in [1.29, 1.82) is 5.26 Å². The highest BCUT2D eigenvalue weighted by molar-refractivity contribution is 7.14. The predicted octanol–water partition coefficient (Wildman–Crippen LogP) is 3.77. The summed E-state index contributed by atoms with van der Waals surface area (Å²) in [4.78, 5) is 14.2. The molecule has 0 saturated heterocycles. The third kappa shape index (κ3) is 2.13. The first-order valence-corrected chi connectivity index (χ1v) is 7.08. The molecule has 0 spiro atoms. The van der Waals surface area contributed by atoms with Crippen LogP contribution in [0.5, 0.6) is 0 Å². The van der Waals surface area contributed by atoms with Gasteiger partial charge in [-0.3, -0.25) is 4.79 Å². The Bertz CT molecular complexity index is 836. The Morgan fingerprint density at radius 2 is 2.15 bits per heavy atom. The Balaban J connectivity index is 1.96. The lowest BCUT2D eigenvalue weighted by Gasteiger charge is -2.03. The second-order valence-electron chi connectivity index (χ2n) is 4.63. The molecule has 0 atom stereocenters. The van der Waals surface area contributed by atoms with Crippen molar-refractivity contribution in [2.45, 2.75) is 13.5 Å². The number of aromatic nitrogens is 1. The molecule has 0 aliphatic rings. The van der Waals surface area contributed by atoms with Gasteiger partial charge in [0.25, 0.3) is 0 Å². The standard InChI is InChI=1S/C16H12N2OS/c1-11-5-6-16(20-11)15(19)10-18-8-7-13-12(9-17)3-2-4-14(13)18/h2-8H,10H2,1H3. The van der Waals surface area contributed by atoms with Crippen LogP contribution in [0.2, 0.25) is 0 Å². The van der Waals surface area contributed by atoms with Crippen LogP contribution in [0.3, 0.4) is 0 Å². The van der Waals surface area contributed by atoms with E-state index in [0.717, 1.165) is 20.7 Å². The summed E-state index contributed by atoms with van der Waals surface area (Å²) in [5.41, 5.74) is 1.56. The molecule has 1 aromatic carbocycles. The lowest BCUT2D eigenvalue weighted by molar-refractivity contribution is 0.0977. The lowest BCUT2D eigenvalue weighted by atomic mass is 10.1.